The molecule has 3 aromatic rings. The van der Waals surface area contributed by atoms with E-state index in [1.807, 2.05) is 48.7 Å². The first kappa shape index (κ1) is 18.8. The third-order valence-electron chi connectivity index (χ3n) is 4.47. The van der Waals surface area contributed by atoms with Crippen molar-refractivity contribution in [1.82, 2.24) is 15.8 Å². The molecule has 0 spiro atoms. The van der Waals surface area contributed by atoms with E-state index in [0.717, 1.165) is 23.1 Å². The second-order valence-electron chi connectivity index (χ2n) is 6.37. The van der Waals surface area contributed by atoms with Crippen molar-refractivity contribution in [1.29, 1.82) is 0 Å². The highest BCUT2D eigenvalue weighted by Crippen LogP contribution is 2.19. The van der Waals surface area contributed by atoms with Crippen LogP contribution in [0.5, 0.6) is 0 Å². The molecule has 0 bridgehead atoms. The molecule has 6 nitrogen and oxygen atoms in total. The summed E-state index contributed by atoms with van der Waals surface area (Å²) in [5, 5.41) is 22.8. The highest BCUT2D eigenvalue weighted by Gasteiger charge is 2.11. The number of hydroxylamine groups is 1. The average molecular weight is 365 g/mol. The van der Waals surface area contributed by atoms with Gasteiger partial charge >= 0.3 is 0 Å². The van der Waals surface area contributed by atoms with Gasteiger partial charge in [-0.05, 0) is 35.3 Å². The Bertz CT molecular complexity index is 916. The molecule has 0 aliphatic rings. The number of carbonyl (C=O) groups excluding carboxylic acids is 1. The maximum atomic E-state index is 11.0. The predicted molar refractivity (Wildman–Crippen MR) is 105 cm³/mol. The van der Waals surface area contributed by atoms with Crippen LogP contribution >= 0.6 is 0 Å². The summed E-state index contributed by atoms with van der Waals surface area (Å²) in [6, 6.07) is 15.8. The van der Waals surface area contributed by atoms with E-state index in [9.17, 15) is 9.90 Å². The van der Waals surface area contributed by atoms with Gasteiger partial charge in [-0.2, -0.15) is 0 Å². The molecule has 0 aliphatic heterocycles. The molecule has 0 unspecified atom stereocenters. The largest absolute Gasteiger partial charge is 0.395 e. The number of nitrogens with one attached hydrogen (secondary N) is 3. The van der Waals surface area contributed by atoms with Gasteiger partial charge in [-0.3, -0.25) is 10.0 Å². The number of amides is 1. The molecule has 1 atom stereocenters. The summed E-state index contributed by atoms with van der Waals surface area (Å²) in [7, 11) is 0. The average Bonchev–Trinajstić information content (AvgIpc) is 3.13. The van der Waals surface area contributed by atoms with Gasteiger partial charge in [0.15, 0.2) is 0 Å². The van der Waals surface area contributed by atoms with Crippen LogP contribution in [-0.4, -0.2) is 33.9 Å². The molecule has 2 aromatic carbocycles. The van der Waals surface area contributed by atoms with E-state index >= 15 is 0 Å². The van der Waals surface area contributed by atoms with Gasteiger partial charge in [-0.25, -0.2) is 5.48 Å². The SMILES string of the molecule is O=C(C=Cc1ccc(CN[C@@H](CO)Cc2c[nH]c3ccccc23)cc1)NO. The van der Waals surface area contributed by atoms with Gasteiger partial charge in [0, 0.05) is 35.8 Å². The molecule has 1 heterocycles. The van der Waals surface area contributed by atoms with Crippen LogP contribution in [0.2, 0.25) is 0 Å². The maximum absolute atomic E-state index is 11.0. The van der Waals surface area contributed by atoms with Gasteiger partial charge < -0.3 is 15.4 Å². The van der Waals surface area contributed by atoms with E-state index in [0.29, 0.717) is 6.54 Å². The van der Waals surface area contributed by atoms with Crippen LogP contribution in [0.3, 0.4) is 0 Å². The number of fused-ring (bicyclic) bond motifs is 1. The summed E-state index contributed by atoms with van der Waals surface area (Å²) < 4.78 is 0. The summed E-state index contributed by atoms with van der Waals surface area (Å²) in [5.74, 6) is -0.566. The van der Waals surface area contributed by atoms with Gasteiger partial charge in [0.2, 0.25) is 0 Å². The maximum Gasteiger partial charge on any atom is 0.267 e. The summed E-state index contributed by atoms with van der Waals surface area (Å²) in [6.07, 6.45) is 5.61. The normalized spacial score (nSPS) is 12.5. The van der Waals surface area contributed by atoms with Gasteiger partial charge in [-0.1, -0.05) is 42.5 Å². The van der Waals surface area contributed by atoms with Gasteiger partial charge in [0.05, 0.1) is 6.61 Å². The highest BCUT2D eigenvalue weighted by molar-refractivity contribution is 5.90. The predicted octanol–water partition coefficient (Wildman–Crippen LogP) is 2.38. The first-order chi connectivity index (χ1) is 13.2. The van der Waals surface area contributed by atoms with Gasteiger partial charge in [0.25, 0.3) is 5.91 Å². The molecule has 1 aromatic heterocycles. The van der Waals surface area contributed by atoms with Crippen molar-refractivity contribution in [3.8, 4) is 0 Å². The number of rotatable bonds is 8. The number of hydrogen-bond acceptors (Lipinski definition) is 4. The minimum atomic E-state index is -0.566. The molecule has 0 saturated heterocycles. The second-order valence-corrected chi connectivity index (χ2v) is 6.37. The molecule has 140 valence electrons. The van der Waals surface area contributed by atoms with Crippen molar-refractivity contribution in [2.75, 3.05) is 6.61 Å². The standard InChI is InChI=1S/C21H23N3O3/c25-14-18(11-17-13-23-20-4-2-1-3-19(17)20)22-12-16-7-5-15(6-8-16)9-10-21(26)24-27/h1-10,13,18,22-23,25,27H,11-12,14H2,(H,24,26)/t18-/m1/s1. The molecule has 27 heavy (non-hydrogen) atoms. The molecule has 1 amide bonds. The topological polar surface area (TPSA) is 97.4 Å². The third kappa shape index (κ3) is 5.04. The van der Waals surface area contributed by atoms with Gasteiger partial charge in [0.1, 0.15) is 0 Å². The number of hydrogen-bond donors (Lipinski definition) is 5. The van der Waals surface area contributed by atoms with Crippen molar-refractivity contribution >= 4 is 22.9 Å². The Kier molecular flexibility index (Phi) is 6.38. The quantitative estimate of drug-likeness (QED) is 0.240. The third-order valence-corrected chi connectivity index (χ3v) is 4.47. The van der Waals surface area contributed by atoms with Crippen molar-refractivity contribution < 1.29 is 15.1 Å². The zero-order valence-corrected chi connectivity index (χ0v) is 14.9. The number of aromatic amines is 1. The minimum Gasteiger partial charge on any atom is -0.395 e. The number of aliphatic hydroxyl groups is 1. The Labute approximate surface area is 157 Å². The Morgan fingerprint density at radius 2 is 1.93 bits per heavy atom. The van der Waals surface area contributed by atoms with E-state index in [-0.39, 0.29) is 12.6 Å². The molecule has 6 heteroatoms. The van der Waals surface area contributed by atoms with E-state index in [4.69, 9.17) is 5.21 Å². The fourth-order valence-corrected chi connectivity index (χ4v) is 2.99. The summed E-state index contributed by atoms with van der Waals surface area (Å²) in [6.45, 7) is 0.686. The number of aromatic nitrogens is 1. The monoisotopic (exact) mass is 365 g/mol. The molecule has 0 fully saturated rings. The summed E-state index contributed by atoms with van der Waals surface area (Å²) in [4.78, 5) is 14.3. The first-order valence-corrected chi connectivity index (χ1v) is 8.80. The zero-order valence-electron chi connectivity index (χ0n) is 14.9. The lowest BCUT2D eigenvalue weighted by atomic mass is 10.0. The molecule has 0 radical (unpaired) electrons. The molecular weight excluding hydrogens is 342 g/mol. The Morgan fingerprint density at radius 1 is 1.15 bits per heavy atom. The van der Waals surface area contributed by atoms with Crippen LogP contribution in [0.15, 0.2) is 60.8 Å². The fraction of sp³-hybridized carbons (Fsp3) is 0.190. The van der Waals surface area contributed by atoms with Crippen LogP contribution in [0, 0.1) is 0 Å². The Morgan fingerprint density at radius 3 is 2.67 bits per heavy atom. The van der Waals surface area contributed by atoms with Crippen LogP contribution in [0.4, 0.5) is 0 Å². The number of para-hydroxylation sites is 1. The van der Waals surface area contributed by atoms with Crippen LogP contribution in [-0.2, 0) is 17.8 Å². The number of carbonyl (C=O) groups is 1. The molecular formula is C21H23N3O3. The molecule has 5 N–H and O–H groups in total. The highest BCUT2D eigenvalue weighted by atomic mass is 16.5. The van der Waals surface area contributed by atoms with E-state index in [1.54, 1.807) is 11.6 Å². The zero-order chi connectivity index (χ0) is 19.1. The summed E-state index contributed by atoms with van der Waals surface area (Å²) >= 11 is 0. The number of aliphatic hydroxyl groups excluding tert-OH is 1. The Balaban J connectivity index is 1.57. The molecule has 0 aliphatic carbocycles. The van der Waals surface area contributed by atoms with Gasteiger partial charge in [-0.15, -0.1) is 0 Å². The van der Waals surface area contributed by atoms with Crippen LogP contribution in [0.1, 0.15) is 16.7 Å². The van der Waals surface area contributed by atoms with Crippen LogP contribution < -0.4 is 10.8 Å². The molecule has 3 rings (SSSR count). The van der Waals surface area contributed by atoms with E-state index in [1.165, 1.54) is 17.0 Å². The first-order valence-electron chi connectivity index (χ1n) is 8.80. The number of H-pyrrole nitrogens is 1. The Hall–Kier alpha value is -2.93. The van der Waals surface area contributed by atoms with E-state index in [2.05, 4.69) is 16.4 Å². The smallest absolute Gasteiger partial charge is 0.267 e. The lowest BCUT2D eigenvalue weighted by molar-refractivity contribution is -0.124. The second kappa shape index (κ2) is 9.14. The molecule has 0 saturated carbocycles. The van der Waals surface area contributed by atoms with Crippen molar-refractivity contribution in [3.63, 3.8) is 0 Å². The lowest BCUT2D eigenvalue weighted by Gasteiger charge is -2.16. The number of benzene rings is 2. The van der Waals surface area contributed by atoms with E-state index < -0.39 is 5.91 Å². The van der Waals surface area contributed by atoms with Crippen molar-refractivity contribution in [3.05, 3.63) is 77.5 Å². The minimum absolute atomic E-state index is 0.0444. The fourth-order valence-electron chi connectivity index (χ4n) is 2.99. The lowest BCUT2D eigenvalue weighted by Crippen LogP contribution is -2.33. The summed E-state index contributed by atoms with van der Waals surface area (Å²) in [5.41, 5.74) is 5.77. The van der Waals surface area contributed by atoms with Crippen LogP contribution in [0.25, 0.3) is 17.0 Å². The van der Waals surface area contributed by atoms with Crippen molar-refractivity contribution in [2.24, 2.45) is 0 Å². The van der Waals surface area contributed by atoms with Crippen molar-refractivity contribution in [2.45, 2.75) is 19.0 Å².